The third-order valence-corrected chi connectivity index (χ3v) is 3.01. The number of nitrogen functional groups attached to an aromatic ring is 1. The van der Waals surface area contributed by atoms with E-state index in [9.17, 15) is 0 Å². The summed E-state index contributed by atoms with van der Waals surface area (Å²) in [7, 11) is 3.22. The van der Waals surface area contributed by atoms with Crippen molar-refractivity contribution in [3.05, 3.63) is 30.0 Å². The van der Waals surface area contributed by atoms with Gasteiger partial charge in [-0.2, -0.15) is 0 Å². The van der Waals surface area contributed by atoms with Crippen LogP contribution in [0.3, 0.4) is 0 Å². The van der Waals surface area contributed by atoms with Crippen molar-refractivity contribution in [1.82, 2.24) is 9.97 Å². The molecule has 2 aromatic rings. The fraction of sp³-hybridized carbons (Fsp3) is 0.333. The average molecular weight is 273 g/mol. The van der Waals surface area contributed by atoms with Gasteiger partial charge in [0.15, 0.2) is 5.82 Å². The Bertz CT molecular complexity index is 612. The second-order valence-corrected chi connectivity index (χ2v) is 4.76. The van der Waals surface area contributed by atoms with Gasteiger partial charge in [0.2, 0.25) is 0 Å². The Kier molecular flexibility index (Phi) is 4.08. The number of hydrogen-bond donors (Lipinski definition) is 1. The van der Waals surface area contributed by atoms with E-state index in [2.05, 4.69) is 23.8 Å². The quantitative estimate of drug-likeness (QED) is 0.927. The molecule has 0 aliphatic heterocycles. The van der Waals surface area contributed by atoms with Gasteiger partial charge >= 0.3 is 0 Å². The Hall–Kier alpha value is -2.30. The van der Waals surface area contributed by atoms with Crippen LogP contribution in [0.2, 0.25) is 0 Å². The van der Waals surface area contributed by atoms with Crippen molar-refractivity contribution < 1.29 is 9.47 Å². The molecule has 1 aromatic carbocycles. The first-order chi connectivity index (χ1) is 9.55. The zero-order valence-electron chi connectivity index (χ0n) is 12.2. The Morgan fingerprint density at radius 3 is 2.40 bits per heavy atom. The molecule has 0 aliphatic rings. The molecular weight excluding hydrogens is 254 g/mol. The van der Waals surface area contributed by atoms with E-state index in [1.807, 2.05) is 12.1 Å². The van der Waals surface area contributed by atoms with Gasteiger partial charge in [0.1, 0.15) is 17.3 Å². The first kappa shape index (κ1) is 14.1. The number of hydrogen-bond acceptors (Lipinski definition) is 5. The van der Waals surface area contributed by atoms with Crippen LogP contribution in [0.15, 0.2) is 24.3 Å². The second-order valence-electron chi connectivity index (χ2n) is 4.76. The van der Waals surface area contributed by atoms with Crippen molar-refractivity contribution in [2.24, 2.45) is 0 Å². The van der Waals surface area contributed by atoms with Crippen molar-refractivity contribution in [3.8, 4) is 22.9 Å². The predicted molar refractivity (Wildman–Crippen MR) is 79.1 cm³/mol. The summed E-state index contributed by atoms with van der Waals surface area (Å²) >= 11 is 0. The molecule has 0 radical (unpaired) electrons. The van der Waals surface area contributed by atoms with E-state index in [1.54, 1.807) is 26.4 Å². The maximum Gasteiger partial charge on any atom is 0.165 e. The highest BCUT2D eigenvalue weighted by atomic mass is 16.5. The minimum Gasteiger partial charge on any atom is -0.497 e. The van der Waals surface area contributed by atoms with Crippen LogP contribution in [0.1, 0.15) is 25.5 Å². The number of methoxy groups -OCH3 is 2. The van der Waals surface area contributed by atoms with Crippen molar-refractivity contribution in [3.63, 3.8) is 0 Å². The molecule has 20 heavy (non-hydrogen) atoms. The lowest BCUT2D eigenvalue weighted by Gasteiger charge is -2.12. The minimum atomic E-state index is 0.281. The smallest absolute Gasteiger partial charge is 0.165 e. The van der Waals surface area contributed by atoms with Gasteiger partial charge in [0.25, 0.3) is 0 Å². The standard InChI is InChI=1S/C15H19N3O2/c1-9(2)12-8-14(16)18-15(17-12)11-6-5-10(19-3)7-13(11)20-4/h5-9H,1-4H3,(H2,16,17,18). The number of rotatable bonds is 4. The molecule has 2 N–H and O–H groups in total. The summed E-state index contributed by atoms with van der Waals surface area (Å²) in [5.41, 5.74) is 7.57. The van der Waals surface area contributed by atoms with Crippen molar-refractivity contribution in [1.29, 1.82) is 0 Å². The summed E-state index contributed by atoms with van der Waals surface area (Å²) in [6.07, 6.45) is 0. The Morgan fingerprint density at radius 2 is 1.80 bits per heavy atom. The fourth-order valence-electron chi connectivity index (χ4n) is 1.89. The molecule has 5 nitrogen and oxygen atoms in total. The Balaban J connectivity index is 2.56. The maximum atomic E-state index is 5.87. The summed E-state index contributed by atoms with van der Waals surface area (Å²) in [6, 6.07) is 7.32. The maximum absolute atomic E-state index is 5.87. The molecule has 5 heteroatoms. The van der Waals surface area contributed by atoms with Gasteiger partial charge < -0.3 is 15.2 Å². The van der Waals surface area contributed by atoms with Crippen molar-refractivity contribution >= 4 is 5.82 Å². The molecule has 2 rings (SSSR count). The number of nitrogens with zero attached hydrogens (tertiary/aromatic N) is 2. The van der Waals surface area contributed by atoms with Gasteiger partial charge in [-0.1, -0.05) is 13.8 Å². The lowest BCUT2D eigenvalue weighted by Crippen LogP contribution is -2.02. The first-order valence-corrected chi connectivity index (χ1v) is 6.42. The van der Waals surface area contributed by atoms with Crippen LogP contribution in [-0.4, -0.2) is 24.2 Å². The highest BCUT2D eigenvalue weighted by Gasteiger charge is 2.13. The van der Waals surface area contributed by atoms with Crippen LogP contribution in [0.5, 0.6) is 11.5 Å². The van der Waals surface area contributed by atoms with Gasteiger partial charge in [-0.15, -0.1) is 0 Å². The van der Waals surface area contributed by atoms with Crippen LogP contribution >= 0.6 is 0 Å². The topological polar surface area (TPSA) is 70.3 Å². The van der Waals surface area contributed by atoms with Crippen LogP contribution in [0.4, 0.5) is 5.82 Å². The van der Waals surface area contributed by atoms with Gasteiger partial charge in [0.05, 0.1) is 19.8 Å². The molecule has 0 unspecified atom stereocenters. The molecule has 0 aliphatic carbocycles. The molecule has 0 amide bonds. The van der Waals surface area contributed by atoms with Gasteiger partial charge in [-0.3, -0.25) is 0 Å². The third kappa shape index (κ3) is 2.82. The van der Waals surface area contributed by atoms with E-state index in [0.717, 1.165) is 17.0 Å². The first-order valence-electron chi connectivity index (χ1n) is 6.42. The molecule has 0 atom stereocenters. The molecule has 0 bridgehead atoms. The molecule has 1 heterocycles. The van der Waals surface area contributed by atoms with Crippen molar-refractivity contribution in [2.45, 2.75) is 19.8 Å². The molecule has 106 valence electrons. The zero-order valence-corrected chi connectivity index (χ0v) is 12.2. The lowest BCUT2D eigenvalue weighted by atomic mass is 10.1. The largest absolute Gasteiger partial charge is 0.497 e. The molecule has 0 spiro atoms. The number of ether oxygens (including phenoxy) is 2. The van der Waals surface area contributed by atoms with E-state index in [1.165, 1.54) is 0 Å². The normalized spacial score (nSPS) is 10.7. The SMILES string of the molecule is COc1ccc(-c2nc(N)cc(C(C)C)n2)c(OC)c1. The van der Waals surface area contributed by atoms with Gasteiger partial charge in [-0.05, 0) is 18.1 Å². The van der Waals surface area contributed by atoms with Gasteiger partial charge in [0, 0.05) is 17.8 Å². The summed E-state index contributed by atoms with van der Waals surface area (Å²) < 4.78 is 10.6. The average Bonchev–Trinajstić information content (AvgIpc) is 2.45. The summed E-state index contributed by atoms with van der Waals surface area (Å²) in [5.74, 6) is 2.68. The van der Waals surface area contributed by atoms with Gasteiger partial charge in [-0.25, -0.2) is 9.97 Å². The predicted octanol–water partition coefficient (Wildman–Crippen LogP) is 2.87. The third-order valence-electron chi connectivity index (χ3n) is 3.01. The van der Waals surface area contributed by atoms with Crippen LogP contribution < -0.4 is 15.2 Å². The number of benzene rings is 1. The fourth-order valence-corrected chi connectivity index (χ4v) is 1.89. The zero-order chi connectivity index (χ0) is 14.7. The summed E-state index contributed by atoms with van der Waals surface area (Å²) in [4.78, 5) is 8.85. The van der Waals surface area contributed by atoms with Crippen LogP contribution in [0, 0.1) is 0 Å². The number of nitrogens with two attached hydrogens (primary N) is 1. The Morgan fingerprint density at radius 1 is 1.05 bits per heavy atom. The number of anilines is 1. The number of aromatic nitrogens is 2. The van der Waals surface area contributed by atoms with Crippen LogP contribution in [0.25, 0.3) is 11.4 Å². The van der Waals surface area contributed by atoms with E-state index in [4.69, 9.17) is 15.2 Å². The molecule has 1 aromatic heterocycles. The van der Waals surface area contributed by atoms with E-state index < -0.39 is 0 Å². The Labute approximate surface area is 118 Å². The second kappa shape index (κ2) is 5.77. The van der Waals surface area contributed by atoms with E-state index in [-0.39, 0.29) is 5.92 Å². The summed E-state index contributed by atoms with van der Waals surface area (Å²) in [5, 5.41) is 0. The highest BCUT2D eigenvalue weighted by molar-refractivity contribution is 5.67. The van der Waals surface area contributed by atoms with Crippen molar-refractivity contribution in [2.75, 3.05) is 20.0 Å². The minimum absolute atomic E-state index is 0.281. The molecular formula is C15H19N3O2. The molecule has 0 fully saturated rings. The molecule has 0 saturated carbocycles. The van der Waals surface area contributed by atoms with E-state index in [0.29, 0.717) is 17.4 Å². The van der Waals surface area contributed by atoms with E-state index >= 15 is 0 Å². The lowest BCUT2D eigenvalue weighted by molar-refractivity contribution is 0.395. The highest BCUT2D eigenvalue weighted by Crippen LogP contribution is 2.32. The van der Waals surface area contributed by atoms with Crippen LogP contribution in [-0.2, 0) is 0 Å². The molecule has 0 saturated heterocycles. The monoisotopic (exact) mass is 273 g/mol. The summed E-state index contributed by atoms with van der Waals surface area (Å²) in [6.45, 7) is 4.13.